The lowest BCUT2D eigenvalue weighted by molar-refractivity contribution is 0.223. The van der Waals surface area contributed by atoms with Crippen molar-refractivity contribution in [3.05, 3.63) is 101 Å². The van der Waals surface area contributed by atoms with Gasteiger partial charge in [-0.2, -0.15) is 0 Å². The van der Waals surface area contributed by atoms with Gasteiger partial charge in [0.05, 0.1) is 5.41 Å². The molecular weight excluding hydrogens is 438 g/mol. The van der Waals surface area contributed by atoms with Crippen LogP contribution in [0.2, 0.25) is 5.02 Å². The minimum absolute atomic E-state index is 0.133. The Morgan fingerprint density at radius 3 is 1.77 bits per heavy atom. The molecule has 0 unspecified atom stereocenters. The molecular formula is C22H18ClN3O4S. The first-order chi connectivity index (χ1) is 14.8. The summed E-state index contributed by atoms with van der Waals surface area (Å²) in [4.78, 5) is 25.6. The lowest BCUT2D eigenvalue weighted by atomic mass is 10.2. The van der Waals surface area contributed by atoms with Crippen LogP contribution in [0.4, 0.5) is 21.0 Å². The summed E-state index contributed by atoms with van der Waals surface area (Å²) in [5, 5.41) is 6.02. The fraction of sp³-hybridized carbons (Fsp3) is 0. The normalized spacial score (nSPS) is 11.1. The number of carbonyl (C=O) groups is 2. The van der Waals surface area contributed by atoms with Crippen molar-refractivity contribution in [1.82, 2.24) is 4.31 Å². The predicted octanol–water partition coefficient (Wildman–Crippen LogP) is 5.41. The van der Waals surface area contributed by atoms with Gasteiger partial charge in [-0.25, -0.2) is 18.0 Å². The molecule has 0 saturated heterocycles. The zero-order valence-corrected chi connectivity index (χ0v) is 17.7. The molecule has 4 amide bonds. The van der Waals surface area contributed by atoms with Gasteiger partial charge >= 0.3 is 12.1 Å². The summed E-state index contributed by atoms with van der Waals surface area (Å²) in [6.07, 6.45) is 1.25. The second-order valence-electron chi connectivity index (χ2n) is 6.26. The van der Waals surface area contributed by atoms with Gasteiger partial charge in [0.25, 0.3) is 10.0 Å². The number of hydrogen-bond donors (Lipinski definition) is 2. The first kappa shape index (κ1) is 22.1. The Morgan fingerprint density at radius 2 is 1.29 bits per heavy atom. The number of carbonyl (C=O) groups excluding carboxylic acids is 2. The van der Waals surface area contributed by atoms with E-state index in [9.17, 15) is 18.0 Å². The van der Waals surface area contributed by atoms with Gasteiger partial charge in [0.2, 0.25) is 0 Å². The third kappa shape index (κ3) is 6.18. The highest BCUT2D eigenvalue weighted by Gasteiger charge is 2.32. The Labute approximate surface area is 185 Å². The van der Waals surface area contributed by atoms with Crippen LogP contribution in [0.15, 0.2) is 90.3 Å². The molecule has 0 aliphatic carbocycles. The maximum atomic E-state index is 12.9. The van der Waals surface area contributed by atoms with Crippen molar-refractivity contribution in [1.29, 1.82) is 0 Å². The van der Waals surface area contributed by atoms with E-state index in [1.165, 1.54) is 6.08 Å². The molecule has 31 heavy (non-hydrogen) atoms. The molecule has 9 heteroatoms. The molecule has 0 spiro atoms. The molecule has 0 aliphatic rings. The average Bonchev–Trinajstić information content (AvgIpc) is 2.74. The van der Waals surface area contributed by atoms with Gasteiger partial charge in [0, 0.05) is 16.4 Å². The van der Waals surface area contributed by atoms with Gasteiger partial charge in [-0.05, 0) is 48.0 Å². The smallest absolute Gasteiger partial charge is 0.307 e. The van der Waals surface area contributed by atoms with E-state index in [4.69, 9.17) is 11.6 Å². The van der Waals surface area contributed by atoms with Crippen molar-refractivity contribution in [2.24, 2.45) is 0 Å². The number of rotatable bonds is 5. The van der Waals surface area contributed by atoms with Crippen molar-refractivity contribution in [3.63, 3.8) is 0 Å². The minimum atomic E-state index is -4.49. The van der Waals surface area contributed by atoms with E-state index in [-0.39, 0.29) is 4.31 Å². The summed E-state index contributed by atoms with van der Waals surface area (Å²) >= 11 is 5.92. The van der Waals surface area contributed by atoms with Gasteiger partial charge in [-0.15, -0.1) is 4.31 Å². The van der Waals surface area contributed by atoms with Crippen molar-refractivity contribution in [2.45, 2.75) is 0 Å². The molecule has 2 N–H and O–H groups in total. The van der Waals surface area contributed by atoms with Crippen LogP contribution in [0.1, 0.15) is 5.56 Å². The third-order valence-corrected chi connectivity index (χ3v) is 5.51. The summed E-state index contributed by atoms with van der Waals surface area (Å²) in [5.74, 6) is 0. The number of halogens is 1. The Morgan fingerprint density at radius 1 is 0.774 bits per heavy atom. The summed E-state index contributed by atoms with van der Waals surface area (Å²) in [7, 11) is -4.49. The number of nitrogens with zero attached hydrogens (tertiary/aromatic N) is 1. The fourth-order valence-electron chi connectivity index (χ4n) is 2.55. The number of amides is 4. The molecule has 0 fully saturated rings. The van der Waals surface area contributed by atoms with Gasteiger partial charge in [-0.3, -0.25) is 0 Å². The molecule has 0 aliphatic heterocycles. The molecule has 0 atom stereocenters. The predicted molar refractivity (Wildman–Crippen MR) is 122 cm³/mol. The highest BCUT2D eigenvalue weighted by Crippen LogP contribution is 2.17. The standard InChI is InChI=1S/C22H18ClN3O4S/c23-18-9-7-8-17(16-18)14-15-31(29,30)26(21(27)24-19-10-3-1-4-11-19)22(28)25-20-12-5-2-6-13-20/h1-16H,(H,24,27)(H,25,28)/b15-14+. The second kappa shape index (κ2) is 9.92. The fourth-order valence-corrected chi connectivity index (χ4v) is 3.75. The number of benzene rings is 3. The number of imide groups is 1. The minimum Gasteiger partial charge on any atom is -0.307 e. The number of hydrogen-bond acceptors (Lipinski definition) is 4. The molecule has 7 nitrogen and oxygen atoms in total. The lowest BCUT2D eigenvalue weighted by Gasteiger charge is -2.20. The van der Waals surface area contributed by atoms with E-state index in [1.54, 1.807) is 84.9 Å². The van der Waals surface area contributed by atoms with Crippen LogP contribution in [0.25, 0.3) is 6.08 Å². The molecule has 0 radical (unpaired) electrons. The monoisotopic (exact) mass is 455 g/mol. The molecule has 3 aromatic carbocycles. The van der Waals surface area contributed by atoms with Crippen molar-refractivity contribution in [2.75, 3.05) is 10.6 Å². The largest absolute Gasteiger partial charge is 0.344 e. The SMILES string of the molecule is O=C(Nc1ccccc1)N(C(=O)Nc1ccccc1)S(=O)(=O)/C=C/c1cccc(Cl)c1. The highest BCUT2D eigenvalue weighted by molar-refractivity contribution is 7.93. The summed E-state index contributed by atoms with van der Waals surface area (Å²) in [6.45, 7) is 0. The zero-order chi connectivity index (χ0) is 22.3. The quantitative estimate of drug-likeness (QED) is 0.537. The first-order valence-corrected chi connectivity index (χ1v) is 10.9. The van der Waals surface area contributed by atoms with Gasteiger partial charge in [0.15, 0.2) is 0 Å². The second-order valence-corrected chi connectivity index (χ2v) is 8.36. The molecule has 0 aromatic heterocycles. The summed E-state index contributed by atoms with van der Waals surface area (Å²) in [5.41, 5.74) is 1.15. The van der Waals surface area contributed by atoms with Crippen LogP contribution in [0, 0.1) is 0 Å². The van der Waals surface area contributed by atoms with Gasteiger partial charge < -0.3 is 10.6 Å². The maximum absolute atomic E-state index is 12.9. The molecule has 0 bridgehead atoms. The van der Waals surface area contributed by atoms with Crippen molar-refractivity contribution < 1.29 is 18.0 Å². The van der Waals surface area contributed by atoms with Crippen LogP contribution in [0.5, 0.6) is 0 Å². The van der Waals surface area contributed by atoms with Crippen LogP contribution in [0.3, 0.4) is 0 Å². The number of anilines is 2. The number of para-hydroxylation sites is 2. The Kier molecular flexibility index (Phi) is 7.07. The number of urea groups is 2. The van der Waals surface area contributed by atoms with Crippen LogP contribution in [-0.2, 0) is 10.0 Å². The topological polar surface area (TPSA) is 95.6 Å². The summed E-state index contributed by atoms with van der Waals surface area (Å²) < 4.78 is 26.0. The molecule has 0 heterocycles. The zero-order valence-electron chi connectivity index (χ0n) is 16.1. The average molecular weight is 456 g/mol. The lowest BCUT2D eigenvalue weighted by Crippen LogP contribution is -2.45. The maximum Gasteiger partial charge on any atom is 0.344 e. The van der Waals surface area contributed by atoms with E-state index < -0.39 is 22.1 Å². The molecule has 3 rings (SSSR count). The van der Waals surface area contributed by atoms with E-state index in [0.29, 0.717) is 22.0 Å². The first-order valence-electron chi connectivity index (χ1n) is 9.06. The molecule has 158 valence electrons. The highest BCUT2D eigenvalue weighted by atomic mass is 35.5. The van der Waals surface area contributed by atoms with Crippen molar-refractivity contribution in [3.8, 4) is 0 Å². The molecule has 0 saturated carbocycles. The van der Waals surface area contributed by atoms with Crippen molar-refractivity contribution >= 4 is 51.1 Å². The Bertz CT molecular complexity index is 1150. The van der Waals surface area contributed by atoms with Crippen LogP contribution in [-0.4, -0.2) is 24.8 Å². The van der Waals surface area contributed by atoms with Crippen LogP contribution >= 0.6 is 11.6 Å². The Hall–Kier alpha value is -3.62. The third-order valence-electron chi connectivity index (χ3n) is 3.95. The van der Waals surface area contributed by atoms with E-state index >= 15 is 0 Å². The number of sulfonamides is 1. The van der Waals surface area contributed by atoms with E-state index in [0.717, 1.165) is 5.41 Å². The van der Waals surface area contributed by atoms with Crippen LogP contribution < -0.4 is 10.6 Å². The van der Waals surface area contributed by atoms with E-state index in [1.807, 2.05) is 0 Å². The summed E-state index contributed by atoms with van der Waals surface area (Å²) in [6, 6.07) is 20.6. The molecule has 3 aromatic rings. The van der Waals surface area contributed by atoms with E-state index in [2.05, 4.69) is 10.6 Å². The van der Waals surface area contributed by atoms with Gasteiger partial charge in [-0.1, -0.05) is 60.1 Å². The Balaban J connectivity index is 1.91. The van der Waals surface area contributed by atoms with Gasteiger partial charge in [0.1, 0.15) is 0 Å². The number of nitrogens with one attached hydrogen (secondary N) is 2.